The number of anilines is 3. The molecule has 0 amide bonds. The van der Waals surface area contributed by atoms with Crippen LogP contribution in [0.25, 0.3) is 0 Å². The summed E-state index contributed by atoms with van der Waals surface area (Å²) >= 11 is 1.51. The molecule has 4 rings (SSSR count). The number of hydrogen-bond acceptors (Lipinski definition) is 11. The average molecular weight is 469 g/mol. The van der Waals surface area contributed by atoms with Crippen molar-refractivity contribution in [2.24, 2.45) is 5.10 Å². The van der Waals surface area contributed by atoms with Gasteiger partial charge in [-0.25, -0.2) is 10.4 Å². The van der Waals surface area contributed by atoms with Crippen LogP contribution in [0.3, 0.4) is 0 Å². The molecular formula is C22H28N8O2S. The highest BCUT2D eigenvalue weighted by Gasteiger charge is 2.16. The monoisotopic (exact) mass is 468 g/mol. The van der Waals surface area contributed by atoms with E-state index in [4.69, 9.17) is 9.47 Å². The highest BCUT2D eigenvalue weighted by Crippen LogP contribution is 2.22. The van der Waals surface area contributed by atoms with Crippen LogP contribution in [0.1, 0.15) is 21.8 Å². The van der Waals surface area contributed by atoms with E-state index in [-0.39, 0.29) is 0 Å². The third-order valence-electron chi connectivity index (χ3n) is 4.90. The molecule has 0 atom stereocenters. The minimum Gasteiger partial charge on any atom is -0.383 e. The van der Waals surface area contributed by atoms with Gasteiger partial charge in [0, 0.05) is 39.2 Å². The SMILES string of the molecule is COCCNc1nnc(Cc2cc(N3CCOCC3)nc(NN=Cc3cccc(C)c3)n2)s1. The molecule has 2 N–H and O–H groups in total. The minimum atomic E-state index is 0.445. The zero-order valence-electron chi connectivity index (χ0n) is 18.8. The van der Waals surface area contributed by atoms with Gasteiger partial charge in [0.1, 0.15) is 10.8 Å². The second-order valence-corrected chi connectivity index (χ2v) is 8.58. The number of ether oxygens (including phenoxy) is 2. The summed E-state index contributed by atoms with van der Waals surface area (Å²) in [6, 6.07) is 10.1. The summed E-state index contributed by atoms with van der Waals surface area (Å²) in [6.45, 7) is 6.29. The van der Waals surface area contributed by atoms with Gasteiger partial charge in [-0.15, -0.1) is 10.2 Å². The first-order chi connectivity index (χ1) is 16.2. The second kappa shape index (κ2) is 11.6. The van der Waals surface area contributed by atoms with Crippen molar-refractivity contribution in [3.05, 3.63) is 52.2 Å². The number of nitrogens with zero attached hydrogens (tertiary/aromatic N) is 6. The van der Waals surface area contributed by atoms with E-state index in [1.54, 1.807) is 13.3 Å². The quantitative estimate of drug-likeness (QED) is 0.263. The fraction of sp³-hybridized carbons (Fsp3) is 0.409. The number of aryl methyl sites for hydroxylation is 1. The molecule has 0 bridgehead atoms. The molecule has 10 nitrogen and oxygen atoms in total. The minimum absolute atomic E-state index is 0.445. The molecule has 0 aliphatic carbocycles. The number of aromatic nitrogens is 4. The van der Waals surface area contributed by atoms with Gasteiger partial charge in [-0.3, -0.25) is 0 Å². The van der Waals surface area contributed by atoms with Crippen LogP contribution in [-0.2, 0) is 15.9 Å². The van der Waals surface area contributed by atoms with Crippen LogP contribution >= 0.6 is 11.3 Å². The third-order valence-corrected chi connectivity index (χ3v) is 5.78. The molecule has 1 aromatic carbocycles. The number of nitrogens with one attached hydrogen (secondary N) is 2. The van der Waals surface area contributed by atoms with E-state index in [0.29, 0.717) is 38.7 Å². The molecule has 11 heteroatoms. The van der Waals surface area contributed by atoms with Gasteiger partial charge in [0.05, 0.1) is 31.7 Å². The first-order valence-electron chi connectivity index (χ1n) is 10.8. The Bertz CT molecular complexity index is 1070. The number of rotatable bonds is 10. The van der Waals surface area contributed by atoms with Gasteiger partial charge < -0.3 is 19.7 Å². The van der Waals surface area contributed by atoms with E-state index in [9.17, 15) is 0 Å². The highest BCUT2D eigenvalue weighted by atomic mass is 32.1. The molecule has 0 radical (unpaired) electrons. The maximum absolute atomic E-state index is 5.49. The predicted molar refractivity (Wildman–Crippen MR) is 131 cm³/mol. The van der Waals surface area contributed by atoms with Crippen molar-refractivity contribution in [3.63, 3.8) is 0 Å². The molecular weight excluding hydrogens is 440 g/mol. The molecule has 33 heavy (non-hydrogen) atoms. The van der Waals surface area contributed by atoms with Crippen LogP contribution in [0.2, 0.25) is 0 Å². The summed E-state index contributed by atoms with van der Waals surface area (Å²) in [5.41, 5.74) is 6.02. The fourth-order valence-corrected chi connectivity index (χ4v) is 4.09. The smallest absolute Gasteiger partial charge is 0.245 e. The van der Waals surface area contributed by atoms with E-state index in [1.165, 1.54) is 16.9 Å². The molecule has 3 aromatic rings. The van der Waals surface area contributed by atoms with Crippen LogP contribution < -0.4 is 15.6 Å². The van der Waals surface area contributed by atoms with Gasteiger partial charge >= 0.3 is 0 Å². The average Bonchev–Trinajstić information content (AvgIpc) is 3.27. The van der Waals surface area contributed by atoms with Crippen molar-refractivity contribution in [2.75, 3.05) is 62.2 Å². The normalized spacial score (nSPS) is 14.1. The van der Waals surface area contributed by atoms with E-state index >= 15 is 0 Å². The lowest BCUT2D eigenvalue weighted by atomic mass is 10.2. The Morgan fingerprint density at radius 2 is 2.09 bits per heavy atom. The van der Waals surface area contributed by atoms with Gasteiger partial charge in [-0.05, 0) is 12.5 Å². The molecule has 3 heterocycles. The molecule has 0 spiro atoms. The van der Waals surface area contributed by atoms with Crippen molar-refractivity contribution in [1.82, 2.24) is 20.2 Å². The van der Waals surface area contributed by atoms with Crippen molar-refractivity contribution in [3.8, 4) is 0 Å². The second-order valence-electron chi connectivity index (χ2n) is 7.52. The van der Waals surface area contributed by atoms with Crippen LogP contribution in [0.15, 0.2) is 35.4 Å². The summed E-state index contributed by atoms with van der Waals surface area (Å²) in [5.74, 6) is 1.29. The molecule has 1 aliphatic heterocycles. The summed E-state index contributed by atoms with van der Waals surface area (Å²) in [6.07, 6.45) is 2.32. The summed E-state index contributed by atoms with van der Waals surface area (Å²) < 4.78 is 10.5. The zero-order valence-corrected chi connectivity index (χ0v) is 19.6. The van der Waals surface area contributed by atoms with Crippen LogP contribution in [0.4, 0.5) is 16.9 Å². The van der Waals surface area contributed by atoms with Gasteiger partial charge in [0.25, 0.3) is 0 Å². The summed E-state index contributed by atoms with van der Waals surface area (Å²) in [7, 11) is 1.67. The number of morpholine rings is 1. The van der Waals surface area contributed by atoms with E-state index < -0.39 is 0 Å². The van der Waals surface area contributed by atoms with E-state index in [1.807, 2.05) is 18.2 Å². The Labute approximate surface area is 197 Å². The lowest BCUT2D eigenvalue weighted by molar-refractivity contribution is 0.122. The van der Waals surface area contributed by atoms with Crippen molar-refractivity contribution in [2.45, 2.75) is 13.3 Å². The maximum Gasteiger partial charge on any atom is 0.245 e. The Morgan fingerprint density at radius 3 is 2.91 bits per heavy atom. The molecule has 1 saturated heterocycles. The van der Waals surface area contributed by atoms with Crippen molar-refractivity contribution < 1.29 is 9.47 Å². The fourth-order valence-electron chi connectivity index (χ4n) is 3.30. The molecule has 1 aliphatic rings. The Balaban J connectivity index is 1.50. The number of methoxy groups -OCH3 is 1. The first kappa shape index (κ1) is 23.0. The molecule has 174 valence electrons. The lowest BCUT2D eigenvalue weighted by Gasteiger charge is -2.28. The van der Waals surface area contributed by atoms with Crippen molar-refractivity contribution >= 4 is 34.4 Å². The number of benzene rings is 1. The standard InChI is InChI=1S/C22H28N8O2S/c1-16-4-3-5-17(12-16)15-24-28-21-25-18(13-19(26-21)30-7-10-32-11-8-30)14-20-27-29-22(33-20)23-6-9-31-2/h3-5,12-13,15H,6-11,14H2,1-2H3,(H,23,29)(H,25,26,28). The summed E-state index contributed by atoms with van der Waals surface area (Å²) in [5, 5.41) is 17.7. The van der Waals surface area contributed by atoms with Gasteiger partial charge in [-0.1, -0.05) is 41.2 Å². The molecule has 1 fully saturated rings. The van der Waals surface area contributed by atoms with Crippen LogP contribution in [0, 0.1) is 6.92 Å². The van der Waals surface area contributed by atoms with Gasteiger partial charge in [0.15, 0.2) is 0 Å². The van der Waals surface area contributed by atoms with E-state index in [2.05, 4.69) is 60.0 Å². The van der Waals surface area contributed by atoms with Crippen LogP contribution in [0.5, 0.6) is 0 Å². The Kier molecular flexibility index (Phi) is 8.12. The molecule has 0 saturated carbocycles. The van der Waals surface area contributed by atoms with Crippen LogP contribution in [-0.4, -0.2) is 72.9 Å². The zero-order chi connectivity index (χ0) is 22.9. The largest absolute Gasteiger partial charge is 0.383 e. The van der Waals surface area contributed by atoms with E-state index in [0.717, 1.165) is 40.3 Å². The summed E-state index contributed by atoms with van der Waals surface area (Å²) in [4.78, 5) is 11.5. The number of hydrogen-bond donors (Lipinski definition) is 2. The third kappa shape index (κ3) is 6.91. The molecule has 2 aromatic heterocycles. The van der Waals surface area contributed by atoms with Gasteiger partial charge in [0.2, 0.25) is 11.1 Å². The predicted octanol–water partition coefficient (Wildman–Crippen LogP) is 2.57. The molecule has 0 unspecified atom stereocenters. The first-order valence-corrected chi connectivity index (χ1v) is 11.6. The Morgan fingerprint density at radius 1 is 1.21 bits per heavy atom. The van der Waals surface area contributed by atoms with Gasteiger partial charge in [-0.2, -0.15) is 10.1 Å². The topological polar surface area (TPSA) is 110 Å². The van der Waals surface area contributed by atoms with Crippen molar-refractivity contribution in [1.29, 1.82) is 0 Å². The lowest BCUT2D eigenvalue weighted by Crippen LogP contribution is -2.37. The maximum atomic E-state index is 5.49. The number of hydrazone groups is 1. The Hall–Kier alpha value is -3.15. The highest BCUT2D eigenvalue weighted by molar-refractivity contribution is 7.15.